The first-order valence-corrected chi connectivity index (χ1v) is 6.58. The van der Waals surface area contributed by atoms with E-state index in [-0.39, 0.29) is 23.8 Å². The molecular formula is C14H17NO6. The molecule has 0 amide bonds. The van der Waals surface area contributed by atoms with Crippen LogP contribution in [0.15, 0.2) is 18.2 Å². The molecule has 0 aliphatic heterocycles. The van der Waals surface area contributed by atoms with Crippen LogP contribution in [-0.2, 0) is 9.53 Å². The van der Waals surface area contributed by atoms with E-state index in [1.807, 2.05) is 0 Å². The van der Waals surface area contributed by atoms with Crippen LogP contribution < -0.4 is 9.47 Å². The molecule has 7 heteroatoms. The van der Waals surface area contributed by atoms with E-state index >= 15 is 0 Å². The highest BCUT2D eigenvalue weighted by molar-refractivity contribution is 5.70. The molecule has 0 heterocycles. The number of methoxy groups -OCH3 is 2. The third-order valence-corrected chi connectivity index (χ3v) is 3.64. The molecular weight excluding hydrogens is 278 g/mol. The van der Waals surface area contributed by atoms with Crippen LogP contribution in [0.3, 0.4) is 0 Å². The lowest BCUT2D eigenvalue weighted by molar-refractivity contribution is -0.385. The number of benzene rings is 1. The van der Waals surface area contributed by atoms with Gasteiger partial charge in [0.05, 0.1) is 31.6 Å². The van der Waals surface area contributed by atoms with Crippen molar-refractivity contribution in [2.24, 2.45) is 0 Å². The third kappa shape index (κ3) is 3.24. The molecule has 0 aromatic heterocycles. The second-order valence-corrected chi connectivity index (χ2v) is 4.98. The monoisotopic (exact) mass is 295 g/mol. The topological polar surface area (TPSA) is 87.9 Å². The first-order valence-electron chi connectivity index (χ1n) is 6.58. The summed E-state index contributed by atoms with van der Waals surface area (Å²) in [5.74, 6) is 0.173. The number of carbonyl (C=O) groups excluding carboxylic acids is 1. The van der Waals surface area contributed by atoms with Crippen LogP contribution >= 0.6 is 0 Å². The van der Waals surface area contributed by atoms with Gasteiger partial charge in [-0.3, -0.25) is 14.9 Å². The second-order valence-electron chi connectivity index (χ2n) is 4.98. The van der Waals surface area contributed by atoms with Gasteiger partial charge in [-0.25, -0.2) is 0 Å². The largest absolute Gasteiger partial charge is 0.490 e. The van der Waals surface area contributed by atoms with E-state index in [9.17, 15) is 14.9 Å². The Balaban J connectivity index is 2.20. The van der Waals surface area contributed by atoms with Crippen molar-refractivity contribution < 1.29 is 23.9 Å². The van der Waals surface area contributed by atoms with Crippen molar-refractivity contribution in [3.63, 3.8) is 0 Å². The maximum atomic E-state index is 11.5. The summed E-state index contributed by atoms with van der Waals surface area (Å²) >= 11 is 0. The minimum atomic E-state index is -0.616. The molecule has 1 fully saturated rings. The van der Waals surface area contributed by atoms with Gasteiger partial charge in [0.2, 0.25) is 0 Å². The quantitative estimate of drug-likeness (QED) is 0.455. The van der Waals surface area contributed by atoms with Crippen molar-refractivity contribution >= 4 is 11.7 Å². The van der Waals surface area contributed by atoms with Gasteiger partial charge in [-0.2, -0.15) is 0 Å². The van der Waals surface area contributed by atoms with E-state index in [1.165, 1.54) is 26.4 Å². The van der Waals surface area contributed by atoms with Crippen LogP contribution in [-0.4, -0.2) is 30.7 Å². The summed E-state index contributed by atoms with van der Waals surface area (Å²) in [4.78, 5) is 21.9. The fourth-order valence-electron chi connectivity index (χ4n) is 2.35. The minimum Gasteiger partial charge on any atom is -0.490 e. The van der Waals surface area contributed by atoms with Crippen LogP contribution in [0, 0.1) is 10.1 Å². The van der Waals surface area contributed by atoms with Crippen LogP contribution in [0.2, 0.25) is 0 Å². The Bertz CT molecular complexity index is 552. The number of carbonyl (C=O) groups is 1. The first kappa shape index (κ1) is 15.1. The van der Waals surface area contributed by atoms with Crippen LogP contribution in [0.5, 0.6) is 11.5 Å². The van der Waals surface area contributed by atoms with Gasteiger partial charge in [-0.15, -0.1) is 0 Å². The van der Waals surface area contributed by atoms with E-state index < -0.39 is 10.5 Å². The Morgan fingerprint density at radius 1 is 1.38 bits per heavy atom. The molecule has 0 unspecified atom stereocenters. The summed E-state index contributed by atoms with van der Waals surface area (Å²) in [6.07, 6.45) is 2.54. The second kappa shape index (κ2) is 5.99. The van der Waals surface area contributed by atoms with Crippen molar-refractivity contribution in [2.75, 3.05) is 14.2 Å². The molecule has 1 aliphatic rings. The molecule has 0 radical (unpaired) electrons. The van der Waals surface area contributed by atoms with Gasteiger partial charge in [0.15, 0.2) is 5.75 Å². The molecule has 0 saturated heterocycles. The molecule has 1 aromatic carbocycles. The molecule has 7 nitrogen and oxygen atoms in total. The van der Waals surface area contributed by atoms with Gasteiger partial charge >= 0.3 is 11.7 Å². The fraction of sp³-hybridized carbons (Fsp3) is 0.500. The number of nitro benzene ring substituents is 1. The number of esters is 1. The molecule has 114 valence electrons. The van der Waals surface area contributed by atoms with Gasteiger partial charge in [0.25, 0.3) is 0 Å². The van der Waals surface area contributed by atoms with Crippen molar-refractivity contribution in [3.8, 4) is 11.5 Å². The van der Waals surface area contributed by atoms with Crippen molar-refractivity contribution in [3.05, 3.63) is 28.3 Å². The molecule has 0 spiro atoms. The molecule has 0 N–H and O–H groups in total. The van der Waals surface area contributed by atoms with Gasteiger partial charge < -0.3 is 14.2 Å². The maximum Gasteiger partial charge on any atom is 0.314 e. The van der Waals surface area contributed by atoms with E-state index in [1.54, 1.807) is 6.07 Å². The average Bonchev–Trinajstić information content (AvgIpc) is 2.44. The van der Waals surface area contributed by atoms with Gasteiger partial charge in [-0.1, -0.05) is 0 Å². The number of nitro groups is 1. The molecule has 2 rings (SSSR count). The van der Waals surface area contributed by atoms with Crippen LogP contribution in [0.25, 0.3) is 0 Å². The number of ether oxygens (including phenoxy) is 3. The van der Waals surface area contributed by atoms with Crippen LogP contribution in [0.4, 0.5) is 5.69 Å². The smallest absolute Gasteiger partial charge is 0.314 e. The normalized spacial score (nSPS) is 15.7. The summed E-state index contributed by atoms with van der Waals surface area (Å²) in [5.41, 5.74) is -0.780. The molecule has 21 heavy (non-hydrogen) atoms. The van der Waals surface area contributed by atoms with Crippen molar-refractivity contribution in [1.82, 2.24) is 0 Å². The van der Waals surface area contributed by atoms with Crippen molar-refractivity contribution in [2.45, 2.75) is 31.3 Å². The Kier molecular flexibility index (Phi) is 4.30. The van der Waals surface area contributed by atoms with Gasteiger partial charge in [-0.05, 0) is 31.4 Å². The summed E-state index contributed by atoms with van der Waals surface area (Å²) in [6, 6.07) is 4.40. The number of rotatable bonds is 6. The highest BCUT2D eigenvalue weighted by Crippen LogP contribution is 2.41. The Hall–Kier alpha value is -2.31. The summed E-state index contributed by atoms with van der Waals surface area (Å²) < 4.78 is 15.5. The zero-order valence-corrected chi connectivity index (χ0v) is 12.0. The molecule has 1 aromatic rings. The molecule has 0 atom stereocenters. The lowest BCUT2D eigenvalue weighted by Crippen LogP contribution is -2.45. The fourth-order valence-corrected chi connectivity index (χ4v) is 2.35. The van der Waals surface area contributed by atoms with E-state index in [2.05, 4.69) is 4.74 Å². The SMILES string of the molecule is COC(=O)CC1(Oc2ccc(OC)c([N+](=O)[O-])c2)CCC1. The highest BCUT2D eigenvalue weighted by atomic mass is 16.6. The van der Waals surface area contributed by atoms with E-state index in [0.717, 1.165) is 19.3 Å². The first-order chi connectivity index (χ1) is 9.99. The lowest BCUT2D eigenvalue weighted by Gasteiger charge is -2.41. The molecule has 1 saturated carbocycles. The maximum absolute atomic E-state index is 11.5. The summed E-state index contributed by atoms with van der Waals surface area (Å²) in [6.45, 7) is 0. The number of hydrogen-bond acceptors (Lipinski definition) is 6. The summed E-state index contributed by atoms with van der Waals surface area (Å²) in [5, 5.41) is 11.0. The standard InChI is InChI=1S/C14H17NO6/c1-19-12-5-4-10(8-11(12)15(17)18)21-14(6-3-7-14)9-13(16)20-2/h4-5,8H,3,6-7,9H2,1-2H3. The number of nitrogens with zero attached hydrogens (tertiary/aromatic N) is 1. The van der Waals surface area contributed by atoms with Gasteiger partial charge in [0.1, 0.15) is 11.4 Å². The average molecular weight is 295 g/mol. The highest BCUT2D eigenvalue weighted by Gasteiger charge is 2.42. The number of hydrogen-bond donors (Lipinski definition) is 0. The molecule has 1 aliphatic carbocycles. The summed E-state index contributed by atoms with van der Waals surface area (Å²) in [7, 11) is 2.69. The van der Waals surface area contributed by atoms with Crippen LogP contribution in [0.1, 0.15) is 25.7 Å². The van der Waals surface area contributed by atoms with Crippen molar-refractivity contribution in [1.29, 1.82) is 0 Å². The Morgan fingerprint density at radius 3 is 2.57 bits per heavy atom. The van der Waals surface area contributed by atoms with E-state index in [0.29, 0.717) is 5.75 Å². The lowest BCUT2D eigenvalue weighted by atomic mass is 9.77. The minimum absolute atomic E-state index is 0.142. The zero-order chi connectivity index (χ0) is 15.5. The zero-order valence-electron chi connectivity index (χ0n) is 12.0. The third-order valence-electron chi connectivity index (χ3n) is 3.64. The Labute approximate surface area is 122 Å². The molecule has 0 bridgehead atoms. The Morgan fingerprint density at radius 2 is 2.10 bits per heavy atom. The predicted octanol–water partition coefficient (Wildman–Crippen LogP) is 2.47. The van der Waals surface area contributed by atoms with Gasteiger partial charge in [0, 0.05) is 0 Å². The predicted molar refractivity (Wildman–Crippen MR) is 73.5 cm³/mol. The van der Waals surface area contributed by atoms with E-state index in [4.69, 9.17) is 9.47 Å².